The maximum Gasteiger partial charge on any atom is 0.264 e. The monoisotopic (exact) mass is 393 g/mol. The fourth-order valence-corrected chi connectivity index (χ4v) is 5.45. The number of rotatable bonds is 7. The van der Waals surface area contributed by atoms with Gasteiger partial charge in [-0.25, -0.2) is 8.42 Å². The van der Waals surface area contributed by atoms with E-state index >= 15 is 0 Å². The molecule has 1 aromatic heterocycles. The van der Waals surface area contributed by atoms with Crippen LogP contribution in [0.1, 0.15) is 35.0 Å². The Bertz CT molecular complexity index is 829. The van der Waals surface area contributed by atoms with Gasteiger partial charge in [0.05, 0.1) is 23.0 Å². The van der Waals surface area contributed by atoms with Gasteiger partial charge in [0.1, 0.15) is 5.75 Å². The van der Waals surface area contributed by atoms with E-state index in [0.717, 1.165) is 17.7 Å². The Balaban J connectivity index is 1.78. The molecule has 140 valence electrons. The van der Waals surface area contributed by atoms with Crippen LogP contribution in [0.4, 0.5) is 0 Å². The third kappa shape index (κ3) is 4.65. The minimum atomic E-state index is -3.06. The topological polar surface area (TPSA) is 63.7 Å². The Morgan fingerprint density at radius 1 is 1.27 bits per heavy atom. The molecule has 0 saturated carbocycles. The Labute approximate surface area is 158 Å². The first-order chi connectivity index (χ1) is 12.5. The number of ether oxygens (including phenoxy) is 1. The Kier molecular flexibility index (Phi) is 5.98. The van der Waals surface area contributed by atoms with Crippen LogP contribution in [0, 0.1) is 0 Å². The van der Waals surface area contributed by atoms with Gasteiger partial charge in [-0.1, -0.05) is 25.1 Å². The molecule has 0 radical (unpaired) electrons. The van der Waals surface area contributed by atoms with Crippen LogP contribution < -0.4 is 4.74 Å². The summed E-state index contributed by atoms with van der Waals surface area (Å²) >= 11 is 1.38. The molecule has 5 nitrogen and oxygen atoms in total. The first-order valence-electron chi connectivity index (χ1n) is 8.75. The Morgan fingerprint density at radius 3 is 2.62 bits per heavy atom. The third-order valence-corrected chi connectivity index (χ3v) is 7.00. The van der Waals surface area contributed by atoms with Crippen molar-refractivity contribution in [2.75, 3.05) is 18.1 Å². The minimum Gasteiger partial charge on any atom is -0.494 e. The zero-order chi connectivity index (χ0) is 18.6. The van der Waals surface area contributed by atoms with Gasteiger partial charge in [0.2, 0.25) is 0 Å². The fraction of sp³-hybridized carbons (Fsp3) is 0.421. The summed E-state index contributed by atoms with van der Waals surface area (Å²) in [5, 5.41) is 1.86. The van der Waals surface area contributed by atoms with Gasteiger partial charge < -0.3 is 9.64 Å². The second kappa shape index (κ2) is 8.22. The predicted octanol–water partition coefficient (Wildman–Crippen LogP) is 3.37. The Morgan fingerprint density at radius 2 is 2.04 bits per heavy atom. The lowest BCUT2D eigenvalue weighted by Gasteiger charge is -2.28. The number of nitrogens with zero attached hydrogens (tertiary/aromatic N) is 1. The fourth-order valence-electron chi connectivity index (χ4n) is 3.04. The number of hydrogen-bond donors (Lipinski definition) is 0. The molecule has 1 aliphatic rings. The van der Waals surface area contributed by atoms with Gasteiger partial charge in [-0.15, -0.1) is 11.3 Å². The van der Waals surface area contributed by atoms with Crippen LogP contribution in [0.3, 0.4) is 0 Å². The van der Waals surface area contributed by atoms with Crippen molar-refractivity contribution in [3.05, 3.63) is 52.2 Å². The van der Waals surface area contributed by atoms with Gasteiger partial charge >= 0.3 is 0 Å². The molecule has 3 rings (SSSR count). The highest BCUT2D eigenvalue weighted by molar-refractivity contribution is 7.91. The molecular formula is C19H23NO4S2. The summed E-state index contributed by atoms with van der Waals surface area (Å²) in [4.78, 5) is 15.3. The highest BCUT2D eigenvalue weighted by atomic mass is 32.2. The van der Waals surface area contributed by atoms with Crippen molar-refractivity contribution >= 4 is 27.1 Å². The van der Waals surface area contributed by atoms with Gasteiger partial charge in [0, 0.05) is 12.6 Å². The van der Waals surface area contributed by atoms with Crippen LogP contribution in [0.25, 0.3) is 0 Å². The number of carbonyl (C=O) groups is 1. The molecule has 26 heavy (non-hydrogen) atoms. The zero-order valence-corrected chi connectivity index (χ0v) is 16.4. The summed E-state index contributed by atoms with van der Waals surface area (Å²) in [6.45, 7) is 3.12. The first kappa shape index (κ1) is 18.9. The van der Waals surface area contributed by atoms with Crippen molar-refractivity contribution < 1.29 is 17.9 Å². The van der Waals surface area contributed by atoms with Crippen LogP contribution >= 0.6 is 11.3 Å². The standard InChI is InChI=1S/C19H23NO4S2/c1-2-10-24-17-7-5-15(6-8-17)13-20(16-9-12-26(22,23)14-16)19(21)18-4-3-11-25-18/h3-8,11,16H,2,9-10,12-14H2,1H3/t16-/m1/s1. The molecule has 1 aliphatic heterocycles. The summed E-state index contributed by atoms with van der Waals surface area (Å²) in [6, 6.07) is 11.0. The number of hydrogen-bond acceptors (Lipinski definition) is 5. The molecule has 0 unspecified atom stereocenters. The van der Waals surface area contributed by atoms with E-state index in [0.29, 0.717) is 24.4 Å². The predicted molar refractivity (Wildman–Crippen MR) is 103 cm³/mol. The molecule has 1 saturated heterocycles. The lowest BCUT2D eigenvalue weighted by Crippen LogP contribution is -2.40. The van der Waals surface area contributed by atoms with E-state index in [1.807, 2.05) is 35.7 Å². The van der Waals surface area contributed by atoms with Crippen molar-refractivity contribution in [3.8, 4) is 5.75 Å². The molecular weight excluding hydrogens is 370 g/mol. The van der Waals surface area contributed by atoms with Crippen LogP contribution in [0.5, 0.6) is 5.75 Å². The van der Waals surface area contributed by atoms with Crippen molar-refractivity contribution in [1.82, 2.24) is 4.90 Å². The lowest BCUT2D eigenvalue weighted by atomic mass is 10.1. The molecule has 2 heterocycles. The maximum atomic E-state index is 12.9. The van der Waals surface area contributed by atoms with E-state index in [-0.39, 0.29) is 23.5 Å². The van der Waals surface area contributed by atoms with E-state index in [9.17, 15) is 13.2 Å². The summed E-state index contributed by atoms with van der Waals surface area (Å²) in [6.07, 6.45) is 1.44. The summed E-state index contributed by atoms with van der Waals surface area (Å²) in [7, 11) is -3.06. The van der Waals surface area contributed by atoms with Crippen molar-refractivity contribution in [1.29, 1.82) is 0 Å². The van der Waals surface area contributed by atoms with Gasteiger partial charge in [-0.05, 0) is 42.0 Å². The van der Waals surface area contributed by atoms with E-state index in [1.54, 1.807) is 11.0 Å². The van der Waals surface area contributed by atoms with Crippen LogP contribution in [-0.2, 0) is 16.4 Å². The molecule has 0 bridgehead atoms. The molecule has 0 N–H and O–H groups in total. The summed E-state index contributed by atoms with van der Waals surface area (Å²) < 4.78 is 29.4. The highest BCUT2D eigenvalue weighted by Crippen LogP contribution is 2.24. The lowest BCUT2D eigenvalue weighted by molar-refractivity contribution is 0.0686. The summed E-state index contributed by atoms with van der Waals surface area (Å²) in [5.74, 6) is 0.890. The SMILES string of the molecule is CCCOc1ccc(CN(C(=O)c2cccs2)[C@@H]2CCS(=O)(=O)C2)cc1. The second-order valence-corrected chi connectivity index (χ2v) is 9.64. The first-order valence-corrected chi connectivity index (χ1v) is 11.5. The molecule has 0 spiro atoms. The molecule has 1 aromatic carbocycles. The molecule has 1 fully saturated rings. The van der Waals surface area contributed by atoms with E-state index in [1.165, 1.54) is 11.3 Å². The van der Waals surface area contributed by atoms with Gasteiger partial charge in [-0.2, -0.15) is 0 Å². The van der Waals surface area contributed by atoms with Gasteiger partial charge in [-0.3, -0.25) is 4.79 Å². The average Bonchev–Trinajstić information content (AvgIpc) is 3.28. The van der Waals surface area contributed by atoms with Crippen LogP contribution in [0.15, 0.2) is 41.8 Å². The zero-order valence-electron chi connectivity index (χ0n) is 14.8. The van der Waals surface area contributed by atoms with Gasteiger partial charge in [0.25, 0.3) is 5.91 Å². The van der Waals surface area contributed by atoms with Crippen molar-refractivity contribution in [2.45, 2.75) is 32.4 Å². The third-order valence-electron chi connectivity index (χ3n) is 4.39. The van der Waals surface area contributed by atoms with Crippen LogP contribution in [0.2, 0.25) is 0 Å². The average molecular weight is 394 g/mol. The molecule has 1 amide bonds. The van der Waals surface area contributed by atoms with Gasteiger partial charge in [0.15, 0.2) is 9.84 Å². The quantitative estimate of drug-likeness (QED) is 0.724. The minimum absolute atomic E-state index is 0.0435. The number of thiophene rings is 1. The second-order valence-electron chi connectivity index (χ2n) is 6.46. The largest absolute Gasteiger partial charge is 0.494 e. The smallest absolute Gasteiger partial charge is 0.264 e. The van der Waals surface area contributed by atoms with E-state index in [4.69, 9.17) is 4.74 Å². The summed E-state index contributed by atoms with van der Waals surface area (Å²) in [5.41, 5.74) is 0.961. The highest BCUT2D eigenvalue weighted by Gasteiger charge is 2.35. The van der Waals surface area contributed by atoms with E-state index < -0.39 is 9.84 Å². The number of amides is 1. The molecule has 1 atom stereocenters. The number of sulfone groups is 1. The Hall–Kier alpha value is -1.86. The molecule has 2 aromatic rings. The number of benzene rings is 1. The van der Waals surface area contributed by atoms with Crippen LogP contribution in [-0.4, -0.2) is 43.4 Å². The molecule has 0 aliphatic carbocycles. The van der Waals surface area contributed by atoms with Crippen molar-refractivity contribution in [2.24, 2.45) is 0 Å². The molecule has 7 heteroatoms. The van der Waals surface area contributed by atoms with E-state index in [2.05, 4.69) is 6.92 Å². The normalized spacial score (nSPS) is 18.6. The number of carbonyl (C=O) groups excluding carboxylic acids is 1. The van der Waals surface area contributed by atoms with Crippen molar-refractivity contribution in [3.63, 3.8) is 0 Å². The maximum absolute atomic E-state index is 12.9.